The van der Waals surface area contributed by atoms with E-state index in [1.54, 1.807) is 23.3 Å². The summed E-state index contributed by atoms with van der Waals surface area (Å²) in [7, 11) is 0. The zero-order valence-corrected chi connectivity index (χ0v) is 9.97. The highest BCUT2D eigenvalue weighted by Gasteiger charge is 2.06. The summed E-state index contributed by atoms with van der Waals surface area (Å²) in [4.78, 5) is 15.9. The lowest BCUT2D eigenvalue weighted by molar-refractivity contribution is 0.0972. The van der Waals surface area contributed by atoms with Crippen LogP contribution in [0.25, 0.3) is 0 Å². The molecule has 0 radical (unpaired) electrons. The van der Waals surface area contributed by atoms with E-state index in [4.69, 9.17) is 0 Å². The smallest absolute Gasteiger partial charge is 0.182 e. The molecule has 2 aromatic rings. The zero-order chi connectivity index (χ0) is 12.1. The minimum atomic E-state index is 0.117. The van der Waals surface area contributed by atoms with Crippen LogP contribution in [-0.4, -0.2) is 15.3 Å². The third kappa shape index (κ3) is 3.03. The van der Waals surface area contributed by atoms with E-state index in [1.165, 1.54) is 5.56 Å². The van der Waals surface area contributed by atoms with Crippen LogP contribution in [0, 0.1) is 0 Å². The Hall–Kier alpha value is -1.90. The van der Waals surface area contributed by atoms with E-state index in [0.717, 1.165) is 18.4 Å². The van der Waals surface area contributed by atoms with Crippen LogP contribution in [0.5, 0.6) is 0 Å². The maximum Gasteiger partial charge on any atom is 0.182 e. The standard InChI is InChI=1S/C14H16N2O/c1-2-3-12-4-6-13(7-5-12)14(17)10-16-9-8-15-11-16/h4-9,11H,2-3,10H2,1H3. The number of Topliss-reactive ketones (excluding diaryl/α,β-unsaturated/α-hetero) is 1. The molecule has 0 bridgehead atoms. The van der Waals surface area contributed by atoms with Crippen LogP contribution in [0.15, 0.2) is 43.0 Å². The SMILES string of the molecule is CCCc1ccc(C(=O)Cn2ccnc2)cc1. The second-order valence-corrected chi connectivity index (χ2v) is 4.11. The van der Waals surface area contributed by atoms with E-state index in [0.29, 0.717) is 6.54 Å². The van der Waals surface area contributed by atoms with Crippen molar-refractivity contribution in [2.24, 2.45) is 0 Å². The van der Waals surface area contributed by atoms with Crippen molar-refractivity contribution in [3.63, 3.8) is 0 Å². The van der Waals surface area contributed by atoms with Crippen LogP contribution < -0.4 is 0 Å². The average molecular weight is 228 g/mol. The molecule has 1 aromatic carbocycles. The normalized spacial score (nSPS) is 10.4. The molecule has 1 aromatic heterocycles. The van der Waals surface area contributed by atoms with Gasteiger partial charge in [0.1, 0.15) is 0 Å². The number of nitrogens with zero attached hydrogens (tertiary/aromatic N) is 2. The Morgan fingerprint density at radius 1 is 1.29 bits per heavy atom. The fourth-order valence-electron chi connectivity index (χ4n) is 1.78. The summed E-state index contributed by atoms with van der Waals surface area (Å²) in [5.74, 6) is 0.117. The number of carbonyl (C=O) groups excluding carboxylic acids is 1. The van der Waals surface area contributed by atoms with Gasteiger partial charge in [0.05, 0.1) is 12.9 Å². The third-order valence-corrected chi connectivity index (χ3v) is 2.70. The van der Waals surface area contributed by atoms with Crippen LogP contribution in [0.1, 0.15) is 29.3 Å². The average Bonchev–Trinajstić information content (AvgIpc) is 2.83. The van der Waals surface area contributed by atoms with E-state index in [-0.39, 0.29) is 5.78 Å². The molecule has 0 aliphatic heterocycles. The molecule has 0 fully saturated rings. The summed E-state index contributed by atoms with van der Waals surface area (Å²) in [5, 5.41) is 0. The monoisotopic (exact) mass is 228 g/mol. The molecule has 0 atom stereocenters. The maximum absolute atomic E-state index is 11.9. The van der Waals surface area contributed by atoms with Crippen LogP contribution >= 0.6 is 0 Å². The largest absolute Gasteiger partial charge is 0.330 e. The van der Waals surface area contributed by atoms with Crippen molar-refractivity contribution >= 4 is 5.78 Å². The van der Waals surface area contributed by atoms with Gasteiger partial charge < -0.3 is 4.57 Å². The first-order valence-corrected chi connectivity index (χ1v) is 5.87. The molecule has 2 rings (SSSR count). The minimum Gasteiger partial charge on any atom is -0.330 e. The Kier molecular flexibility index (Phi) is 3.70. The van der Waals surface area contributed by atoms with Gasteiger partial charge in [-0.2, -0.15) is 0 Å². The zero-order valence-electron chi connectivity index (χ0n) is 9.97. The highest BCUT2D eigenvalue weighted by molar-refractivity contribution is 5.95. The lowest BCUT2D eigenvalue weighted by Gasteiger charge is -2.03. The molecule has 1 heterocycles. The van der Waals surface area contributed by atoms with Gasteiger partial charge in [0.2, 0.25) is 0 Å². The Balaban J connectivity index is 2.04. The van der Waals surface area contributed by atoms with Gasteiger partial charge in [0.15, 0.2) is 5.78 Å². The number of carbonyl (C=O) groups is 1. The Labute approximate surface area is 101 Å². The molecule has 0 amide bonds. The van der Waals surface area contributed by atoms with Crippen LogP contribution in [0.3, 0.4) is 0 Å². The number of hydrogen-bond acceptors (Lipinski definition) is 2. The van der Waals surface area contributed by atoms with Crippen molar-refractivity contribution in [3.8, 4) is 0 Å². The van der Waals surface area contributed by atoms with Crippen LogP contribution in [0.4, 0.5) is 0 Å². The van der Waals surface area contributed by atoms with Crippen molar-refractivity contribution in [1.82, 2.24) is 9.55 Å². The number of aryl methyl sites for hydroxylation is 1. The number of hydrogen-bond donors (Lipinski definition) is 0. The molecule has 3 heteroatoms. The second-order valence-electron chi connectivity index (χ2n) is 4.11. The Morgan fingerprint density at radius 3 is 2.65 bits per heavy atom. The molecule has 0 aliphatic carbocycles. The molecule has 3 nitrogen and oxygen atoms in total. The van der Waals surface area contributed by atoms with Gasteiger partial charge in [0, 0.05) is 18.0 Å². The molecule has 0 aliphatic rings. The van der Waals surface area contributed by atoms with Gasteiger partial charge in [-0.05, 0) is 12.0 Å². The van der Waals surface area contributed by atoms with Crippen LogP contribution in [0.2, 0.25) is 0 Å². The first-order valence-electron chi connectivity index (χ1n) is 5.87. The predicted octanol–water partition coefficient (Wildman–Crippen LogP) is 2.72. The summed E-state index contributed by atoms with van der Waals surface area (Å²) < 4.78 is 1.78. The van der Waals surface area contributed by atoms with Gasteiger partial charge in [0.25, 0.3) is 0 Å². The highest BCUT2D eigenvalue weighted by Crippen LogP contribution is 2.08. The first-order chi connectivity index (χ1) is 8.29. The number of ketones is 1. The first kappa shape index (κ1) is 11.6. The van der Waals surface area contributed by atoms with Gasteiger partial charge in [-0.1, -0.05) is 37.6 Å². The lowest BCUT2D eigenvalue weighted by atomic mass is 10.1. The van der Waals surface area contributed by atoms with E-state index in [2.05, 4.69) is 11.9 Å². The Bertz CT molecular complexity index is 471. The fraction of sp³-hybridized carbons (Fsp3) is 0.286. The summed E-state index contributed by atoms with van der Waals surface area (Å²) in [5.41, 5.74) is 2.05. The van der Waals surface area contributed by atoms with E-state index in [1.807, 2.05) is 24.3 Å². The van der Waals surface area contributed by atoms with E-state index < -0.39 is 0 Å². The van der Waals surface area contributed by atoms with E-state index >= 15 is 0 Å². The molecular formula is C14H16N2O. The molecule has 0 unspecified atom stereocenters. The third-order valence-electron chi connectivity index (χ3n) is 2.70. The fourth-order valence-corrected chi connectivity index (χ4v) is 1.78. The summed E-state index contributed by atoms with van der Waals surface area (Å²) in [6.45, 7) is 2.51. The second kappa shape index (κ2) is 5.43. The van der Waals surface area contributed by atoms with Gasteiger partial charge in [-0.15, -0.1) is 0 Å². The number of rotatable bonds is 5. The van der Waals surface area contributed by atoms with Crippen molar-refractivity contribution in [1.29, 1.82) is 0 Å². The minimum absolute atomic E-state index is 0.117. The van der Waals surface area contributed by atoms with Crippen molar-refractivity contribution in [3.05, 3.63) is 54.1 Å². The van der Waals surface area contributed by atoms with E-state index in [9.17, 15) is 4.79 Å². The molecule has 88 valence electrons. The molecule has 0 saturated heterocycles. The lowest BCUT2D eigenvalue weighted by Crippen LogP contribution is -2.08. The summed E-state index contributed by atoms with van der Waals surface area (Å²) in [6, 6.07) is 7.88. The maximum atomic E-state index is 11.9. The molecule has 0 N–H and O–H groups in total. The van der Waals surface area contributed by atoms with Gasteiger partial charge >= 0.3 is 0 Å². The molecule has 0 spiro atoms. The van der Waals surface area contributed by atoms with Crippen molar-refractivity contribution in [2.45, 2.75) is 26.3 Å². The quantitative estimate of drug-likeness (QED) is 0.737. The Morgan fingerprint density at radius 2 is 2.06 bits per heavy atom. The summed E-state index contributed by atoms with van der Waals surface area (Å²) in [6.07, 6.45) is 7.32. The molecular weight excluding hydrogens is 212 g/mol. The summed E-state index contributed by atoms with van der Waals surface area (Å²) >= 11 is 0. The van der Waals surface area contributed by atoms with Crippen molar-refractivity contribution in [2.75, 3.05) is 0 Å². The van der Waals surface area contributed by atoms with Crippen LogP contribution in [-0.2, 0) is 13.0 Å². The van der Waals surface area contributed by atoms with Crippen molar-refractivity contribution < 1.29 is 4.79 Å². The van der Waals surface area contributed by atoms with Gasteiger partial charge in [-0.25, -0.2) is 4.98 Å². The van der Waals surface area contributed by atoms with Gasteiger partial charge in [-0.3, -0.25) is 4.79 Å². The predicted molar refractivity (Wildman–Crippen MR) is 67.0 cm³/mol. The molecule has 17 heavy (non-hydrogen) atoms. The number of aromatic nitrogens is 2. The number of imidazole rings is 1. The topological polar surface area (TPSA) is 34.9 Å². The highest BCUT2D eigenvalue weighted by atomic mass is 16.1. The number of benzene rings is 1. The molecule has 0 saturated carbocycles.